The molecule has 0 nitrogen and oxygen atoms in total. The van der Waals surface area contributed by atoms with Crippen LogP contribution in [0, 0.1) is 0 Å². The zero-order valence-corrected chi connectivity index (χ0v) is 28.6. The summed E-state index contributed by atoms with van der Waals surface area (Å²) in [6.07, 6.45) is 0. The van der Waals surface area contributed by atoms with Gasteiger partial charge in [-0.25, -0.2) is 0 Å². The molecule has 0 bridgehead atoms. The number of benzene rings is 9. The van der Waals surface area contributed by atoms with Gasteiger partial charge < -0.3 is 0 Å². The van der Waals surface area contributed by atoms with E-state index in [1.165, 1.54) is 108 Å². The molecule has 0 radical (unpaired) electrons. The smallest absolute Gasteiger partial charge is 0.0208 e. The Balaban J connectivity index is 0.954. The van der Waals surface area contributed by atoms with Gasteiger partial charge in [-0.15, -0.1) is 0 Å². The molecule has 0 saturated heterocycles. The summed E-state index contributed by atoms with van der Waals surface area (Å²) in [5.74, 6) is 0. The Morgan fingerprint density at radius 2 is 0.760 bits per heavy atom. The largest absolute Gasteiger partial charge is 0.0887 e. The summed E-state index contributed by atoms with van der Waals surface area (Å²) in [6.45, 7) is 0. The third kappa shape index (κ3) is 4.35. The highest BCUT2D eigenvalue weighted by Gasteiger charge is 2.27. The minimum absolute atomic E-state index is 1.24. The van der Waals surface area contributed by atoms with Crippen molar-refractivity contribution in [2.24, 2.45) is 0 Å². The molecule has 2 aliphatic rings. The summed E-state index contributed by atoms with van der Waals surface area (Å²) in [5.41, 5.74) is 12.9. The van der Waals surface area contributed by atoms with E-state index in [4.69, 9.17) is 0 Å². The minimum Gasteiger partial charge on any atom is -0.0887 e. The molecule has 2 heterocycles. The van der Waals surface area contributed by atoms with Crippen molar-refractivity contribution in [2.75, 3.05) is 0 Å². The van der Waals surface area contributed by atoms with E-state index in [9.17, 15) is 0 Å². The van der Waals surface area contributed by atoms with Gasteiger partial charge in [0.15, 0.2) is 0 Å². The highest BCUT2D eigenvalue weighted by molar-refractivity contribution is 8.00. The fourth-order valence-electron chi connectivity index (χ4n) is 7.99. The first-order valence-electron chi connectivity index (χ1n) is 17.1. The number of rotatable bonds is 3. The molecule has 232 valence electrons. The van der Waals surface area contributed by atoms with Gasteiger partial charge in [-0.05, 0) is 108 Å². The molecular formula is C48H28S2. The summed E-state index contributed by atoms with van der Waals surface area (Å²) < 4.78 is 0. The van der Waals surface area contributed by atoms with E-state index in [-0.39, 0.29) is 0 Å². The fraction of sp³-hybridized carbons (Fsp3) is 0. The first-order chi connectivity index (χ1) is 24.7. The zero-order valence-electron chi connectivity index (χ0n) is 27.0. The standard InChI is InChI=1S/C48H28S2/c1-2-8-33-26-34(17-14-29(33)6-1)36-19-21-40-42-23-22-41-39-20-18-35(27-45(39)49-43-24-25-44(48(42)47(41)43)50-46(40)28-36)30-12-15-32(16-13-30)38-11-5-9-31-7-3-4-10-37(31)38/h1-28H. The van der Waals surface area contributed by atoms with Crippen LogP contribution in [0.15, 0.2) is 189 Å². The van der Waals surface area contributed by atoms with Crippen LogP contribution in [0.1, 0.15) is 0 Å². The van der Waals surface area contributed by atoms with Crippen molar-refractivity contribution in [1.82, 2.24) is 0 Å². The van der Waals surface area contributed by atoms with Crippen LogP contribution in [-0.2, 0) is 0 Å². The van der Waals surface area contributed by atoms with Gasteiger partial charge in [0.05, 0.1) is 0 Å². The Hall–Kier alpha value is -5.54. The van der Waals surface area contributed by atoms with Gasteiger partial charge >= 0.3 is 0 Å². The van der Waals surface area contributed by atoms with Crippen LogP contribution in [0.2, 0.25) is 0 Å². The maximum atomic E-state index is 2.38. The van der Waals surface area contributed by atoms with Gasteiger partial charge in [-0.3, -0.25) is 0 Å². The molecule has 9 aromatic carbocycles. The second-order valence-corrected chi connectivity index (χ2v) is 15.4. The van der Waals surface area contributed by atoms with E-state index in [0.717, 1.165) is 0 Å². The van der Waals surface area contributed by atoms with E-state index in [2.05, 4.69) is 170 Å². The van der Waals surface area contributed by atoms with E-state index >= 15 is 0 Å². The van der Waals surface area contributed by atoms with E-state index < -0.39 is 0 Å². The predicted octanol–water partition coefficient (Wildman–Crippen LogP) is 14.4. The molecule has 9 aromatic rings. The molecule has 0 N–H and O–H groups in total. The van der Waals surface area contributed by atoms with Gasteiger partial charge in [0, 0.05) is 30.4 Å². The van der Waals surface area contributed by atoms with Gasteiger partial charge in [-0.1, -0.05) is 163 Å². The van der Waals surface area contributed by atoms with Crippen LogP contribution < -0.4 is 0 Å². The molecule has 2 heteroatoms. The molecule has 0 unspecified atom stereocenters. The monoisotopic (exact) mass is 668 g/mol. The lowest BCUT2D eigenvalue weighted by molar-refractivity contribution is 1.34. The Bertz CT molecular complexity index is 2860. The summed E-state index contributed by atoms with van der Waals surface area (Å²) in [7, 11) is 0. The van der Waals surface area contributed by atoms with Crippen LogP contribution in [0.25, 0.3) is 88.0 Å². The summed E-state index contributed by atoms with van der Waals surface area (Å²) >= 11 is 3.82. The van der Waals surface area contributed by atoms with Gasteiger partial charge in [-0.2, -0.15) is 0 Å². The highest BCUT2D eigenvalue weighted by atomic mass is 32.2. The topological polar surface area (TPSA) is 0 Å². The van der Waals surface area contributed by atoms with Gasteiger partial charge in [0.25, 0.3) is 0 Å². The van der Waals surface area contributed by atoms with E-state index in [1.807, 2.05) is 23.5 Å². The highest BCUT2D eigenvalue weighted by Crippen LogP contribution is 2.56. The van der Waals surface area contributed by atoms with E-state index in [0.29, 0.717) is 0 Å². The van der Waals surface area contributed by atoms with Gasteiger partial charge in [0.2, 0.25) is 0 Å². The third-order valence-electron chi connectivity index (χ3n) is 10.5. The zero-order chi connectivity index (χ0) is 32.8. The molecule has 0 atom stereocenters. The third-order valence-corrected chi connectivity index (χ3v) is 12.7. The number of hydrogen-bond acceptors (Lipinski definition) is 2. The average molecular weight is 669 g/mol. The molecule has 0 spiro atoms. The first kappa shape index (κ1) is 28.3. The molecular weight excluding hydrogens is 641 g/mol. The maximum absolute atomic E-state index is 2.38. The molecule has 0 aromatic heterocycles. The van der Waals surface area contributed by atoms with E-state index in [1.54, 1.807) is 0 Å². The number of hydrogen-bond donors (Lipinski definition) is 0. The predicted molar refractivity (Wildman–Crippen MR) is 214 cm³/mol. The van der Waals surface area contributed by atoms with Gasteiger partial charge in [0.1, 0.15) is 0 Å². The van der Waals surface area contributed by atoms with Crippen LogP contribution in [0.5, 0.6) is 0 Å². The Labute approximate surface area is 299 Å². The average Bonchev–Trinajstić information content (AvgIpc) is 3.18. The normalized spacial score (nSPS) is 12.6. The quantitative estimate of drug-likeness (QED) is 0.184. The van der Waals surface area contributed by atoms with Crippen molar-refractivity contribution >= 4 is 55.8 Å². The van der Waals surface area contributed by atoms with Crippen LogP contribution in [0.3, 0.4) is 0 Å². The maximum Gasteiger partial charge on any atom is 0.0208 e. The first-order valence-corrected chi connectivity index (χ1v) is 18.7. The lowest BCUT2D eigenvalue weighted by Gasteiger charge is -2.27. The Morgan fingerprint density at radius 1 is 0.260 bits per heavy atom. The second kappa shape index (κ2) is 11.0. The van der Waals surface area contributed by atoms with Crippen molar-refractivity contribution in [3.05, 3.63) is 170 Å². The van der Waals surface area contributed by atoms with Crippen molar-refractivity contribution in [3.63, 3.8) is 0 Å². The summed E-state index contributed by atoms with van der Waals surface area (Å²) in [6, 6.07) is 63.1. The Morgan fingerprint density at radius 3 is 1.46 bits per heavy atom. The van der Waals surface area contributed by atoms with Crippen molar-refractivity contribution in [3.8, 4) is 55.6 Å². The summed E-state index contributed by atoms with van der Waals surface area (Å²) in [5, 5.41) is 7.90. The molecule has 0 fully saturated rings. The summed E-state index contributed by atoms with van der Waals surface area (Å²) in [4.78, 5) is 5.33. The molecule has 0 aliphatic carbocycles. The van der Waals surface area contributed by atoms with Crippen molar-refractivity contribution in [2.45, 2.75) is 19.6 Å². The van der Waals surface area contributed by atoms with Crippen LogP contribution in [0.4, 0.5) is 0 Å². The molecule has 0 amide bonds. The molecule has 11 rings (SSSR count). The molecule has 50 heavy (non-hydrogen) atoms. The molecule has 0 saturated carbocycles. The fourth-order valence-corrected chi connectivity index (χ4v) is 10.3. The lowest BCUT2D eigenvalue weighted by atomic mass is 9.90. The van der Waals surface area contributed by atoms with Crippen molar-refractivity contribution in [1.29, 1.82) is 0 Å². The molecule has 2 aliphatic heterocycles. The second-order valence-electron chi connectivity index (χ2n) is 13.3. The Kier molecular flexibility index (Phi) is 6.22. The van der Waals surface area contributed by atoms with Crippen LogP contribution >= 0.6 is 23.5 Å². The SMILES string of the molecule is c1ccc2cc(-c3ccc4c(c3)Sc3ccc5c6c(ccc-4c36)-c3ccc(-c4ccc(-c6cccc7ccccc67)cc4)cc3S5)ccc2c1. The lowest BCUT2D eigenvalue weighted by Crippen LogP contribution is -1.99. The van der Waals surface area contributed by atoms with Crippen LogP contribution in [-0.4, -0.2) is 0 Å². The van der Waals surface area contributed by atoms with Crippen molar-refractivity contribution < 1.29 is 0 Å². The number of fused-ring (bicyclic) bond motifs is 6. The minimum atomic E-state index is 1.24.